The van der Waals surface area contributed by atoms with E-state index in [4.69, 9.17) is 4.74 Å². The average molecular weight is 364 g/mol. The molecular formula is C19H12F4OS. The van der Waals surface area contributed by atoms with Crippen molar-refractivity contribution in [3.63, 3.8) is 0 Å². The van der Waals surface area contributed by atoms with Crippen molar-refractivity contribution >= 4 is 11.8 Å². The number of rotatable bonds is 4. The third-order valence-corrected chi connectivity index (χ3v) is 4.40. The first kappa shape index (κ1) is 17.4. The third kappa shape index (κ3) is 4.14. The van der Waals surface area contributed by atoms with E-state index in [0.717, 1.165) is 34.7 Å². The fourth-order valence-corrected chi connectivity index (χ4v) is 2.96. The van der Waals surface area contributed by atoms with E-state index in [1.54, 1.807) is 0 Å². The Balaban J connectivity index is 1.95. The number of hydrogen-bond acceptors (Lipinski definition) is 2. The fraction of sp³-hybridized carbons (Fsp3) is 0.0526. The van der Waals surface area contributed by atoms with Gasteiger partial charge in [-0.15, -0.1) is 0 Å². The monoisotopic (exact) mass is 364 g/mol. The van der Waals surface area contributed by atoms with Crippen molar-refractivity contribution in [1.29, 1.82) is 0 Å². The number of benzene rings is 3. The van der Waals surface area contributed by atoms with Gasteiger partial charge in [-0.2, -0.15) is 0 Å². The van der Waals surface area contributed by atoms with Gasteiger partial charge in [0.05, 0.1) is 4.90 Å². The molecule has 0 saturated heterocycles. The molecule has 0 bridgehead atoms. The summed E-state index contributed by atoms with van der Waals surface area (Å²) in [5.41, 5.74) is 1.06. The van der Waals surface area contributed by atoms with Gasteiger partial charge in [0.1, 0.15) is 11.5 Å². The molecule has 0 aromatic heterocycles. The maximum atomic E-state index is 13.6. The predicted molar refractivity (Wildman–Crippen MR) is 88.1 cm³/mol. The van der Waals surface area contributed by atoms with Crippen LogP contribution < -0.4 is 4.74 Å². The van der Waals surface area contributed by atoms with Crippen LogP contribution in [0.2, 0.25) is 0 Å². The lowest BCUT2D eigenvalue weighted by atomic mass is 10.2. The summed E-state index contributed by atoms with van der Waals surface area (Å²) in [6.45, 7) is 1.93. The van der Waals surface area contributed by atoms with Crippen molar-refractivity contribution in [2.45, 2.75) is 16.7 Å². The Hall–Kier alpha value is -2.47. The Morgan fingerprint density at radius 2 is 1.36 bits per heavy atom. The van der Waals surface area contributed by atoms with E-state index < -0.39 is 23.3 Å². The van der Waals surface area contributed by atoms with Crippen molar-refractivity contribution in [2.24, 2.45) is 0 Å². The van der Waals surface area contributed by atoms with Gasteiger partial charge in [-0.05, 0) is 37.3 Å². The van der Waals surface area contributed by atoms with Crippen LogP contribution in [0.25, 0.3) is 0 Å². The molecule has 0 fully saturated rings. The van der Waals surface area contributed by atoms with Crippen LogP contribution in [0.3, 0.4) is 0 Å². The first-order valence-electron chi connectivity index (χ1n) is 7.29. The van der Waals surface area contributed by atoms with E-state index >= 15 is 0 Å². The van der Waals surface area contributed by atoms with Crippen LogP contribution in [-0.2, 0) is 0 Å². The highest BCUT2D eigenvalue weighted by atomic mass is 32.2. The highest BCUT2D eigenvalue weighted by Gasteiger charge is 2.14. The quantitative estimate of drug-likeness (QED) is 0.489. The second-order valence-electron chi connectivity index (χ2n) is 5.31. The molecule has 0 amide bonds. The number of aryl methyl sites for hydroxylation is 1. The van der Waals surface area contributed by atoms with E-state index in [0.29, 0.717) is 4.90 Å². The average Bonchev–Trinajstić information content (AvgIpc) is 2.57. The van der Waals surface area contributed by atoms with Crippen LogP contribution in [0.4, 0.5) is 17.6 Å². The molecule has 0 radical (unpaired) electrons. The summed E-state index contributed by atoms with van der Waals surface area (Å²) < 4.78 is 59.0. The predicted octanol–water partition coefficient (Wildman–Crippen LogP) is 6.49. The van der Waals surface area contributed by atoms with E-state index in [1.807, 2.05) is 31.2 Å². The van der Waals surface area contributed by atoms with Crippen molar-refractivity contribution in [1.82, 2.24) is 0 Å². The van der Waals surface area contributed by atoms with Crippen LogP contribution in [0.5, 0.6) is 11.5 Å². The lowest BCUT2D eigenvalue weighted by Gasteiger charge is -2.12. The maximum absolute atomic E-state index is 13.6. The van der Waals surface area contributed by atoms with E-state index in [9.17, 15) is 17.6 Å². The van der Waals surface area contributed by atoms with Gasteiger partial charge < -0.3 is 4.74 Å². The lowest BCUT2D eigenvalue weighted by molar-refractivity contribution is 0.439. The first-order valence-corrected chi connectivity index (χ1v) is 8.10. The number of hydrogen-bond donors (Lipinski definition) is 0. The van der Waals surface area contributed by atoms with Crippen molar-refractivity contribution in [3.8, 4) is 11.5 Å². The number of ether oxygens (including phenoxy) is 1. The molecule has 6 heteroatoms. The highest BCUT2D eigenvalue weighted by Crippen LogP contribution is 2.38. The second-order valence-corrected chi connectivity index (χ2v) is 6.42. The summed E-state index contributed by atoms with van der Waals surface area (Å²) in [5, 5.41) is 0. The van der Waals surface area contributed by atoms with Gasteiger partial charge in [-0.25, -0.2) is 17.6 Å². The molecule has 1 nitrogen and oxygen atoms in total. The minimum Gasteiger partial charge on any atom is -0.456 e. The molecule has 25 heavy (non-hydrogen) atoms. The maximum Gasteiger partial charge on any atom is 0.162 e. The zero-order chi connectivity index (χ0) is 18.0. The highest BCUT2D eigenvalue weighted by molar-refractivity contribution is 7.99. The van der Waals surface area contributed by atoms with Crippen LogP contribution in [0.15, 0.2) is 64.4 Å². The summed E-state index contributed by atoms with van der Waals surface area (Å²) in [5.74, 6) is -4.23. The molecule has 0 unspecified atom stereocenters. The van der Waals surface area contributed by atoms with Crippen molar-refractivity contribution < 1.29 is 22.3 Å². The Morgan fingerprint density at radius 3 is 2.04 bits per heavy atom. The molecule has 3 rings (SSSR count). The van der Waals surface area contributed by atoms with Crippen LogP contribution in [0.1, 0.15) is 5.56 Å². The zero-order valence-corrected chi connectivity index (χ0v) is 13.8. The first-order chi connectivity index (χ1) is 11.9. The van der Waals surface area contributed by atoms with Crippen LogP contribution in [0, 0.1) is 30.2 Å². The van der Waals surface area contributed by atoms with E-state index in [-0.39, 0.29) is 11.5 Å². The lowest BCUT2D eigenvalue weighted by Crippen LogP contribution is -1.93. The number of halogens is 4. The molecule has 0 N–H and O–H groups in total. The zero-order valence-electron chi connectivity index (χ0n) is 13.0. The van der Waals surface area contributed by atoms with Crippen LogP contribution >= 0.6 is 11.8 Å². The summed E-state index contributed by atoms with van der Waals surface area (Å²) in [6, 6.07) is 12.3. The van der Waals surface area contributed by atoms with E-state index in [2.05, 4.69) is 0 Å². The third-order valence-electron chi connectivity index (χ3n) is 3.35. The van der Waals surface area contributed by atoms with Gasteiger partial charge in [-0.1, -0.05) is 29.5 Å². The minimum absolute atomic E-state index is 0.00971. The van der Waals surface area contributed by atoms with Gasteiger partial charge in [0.25, 0.3) is 0 Å². The fourth-order valence-electron chi connectivity index (χ4n) is 2.07. The Morgan fingerprint density at radius 1 is 0.720 bits per heavy atom. The molecule has 3 aromatic carbocycles. The molecule has 0 spiro atoms. The van der Waals surface area contributed by atoms with Crippen molar-refractivity contribution in [3.05, 3.63) is 83.4 Å². The minimum atomic E-state index is -1.09. The van der Waals surface area contributed by atoms with Crippen LogP contribution in [-0.4, -0.2) is 0 Å². The molecule has 0 atom stereocenters. The second kappa shape index (κ2) is 7.19. The molecule has 128 valence electrons. The SMILES string of the molecule is Cc1ccc(Sc2cc(F)c(F)cc2Oc2ccc(F)c(F)c2)cc1. The molecule has 0 aliphatic rings. The summed E-state index contributed by atoms with van der Waals surface area (Å²) >= 11 is 1.17. The largest absolute Gasteiger partial charge is 0.456 e. The Labute approximate surface area is 146 Å². The van der Waals surface area contributed by atoms with E-state index in [1.165, 1.54) is 17.8 Å². The molecule has 0 saturated carbocycles. The molecule has 0 heterocycles. The molecular weight excluding hydrogens is 352 g/mol. The van der Waals surface area contributed by atoms with Gasteiger partial charge in [0.2, 0.25) is 0 Å². The Bertz CT molecular complexity index is 910. The van der Waals surface area contributed by atoms with Gasteiger partial charge in [0, 0.05) is 17.0 Å². The normalized spacial score (nSPS) is 10.8. The van der Waals surface area contributed by atoms with Gasteiger partial charge in [-0.3, -0.25) is 0 Å². The molecule has 0 aliphatic carbocycles. The van der Waals surface area contributed by atoms with Gasteiger partial charge >= 0.3 is 0 Å². The summed E-state index contributed by atoms with van der Waals surface area (Å²) in [7, 11) is 0. The smallest absolute Gasteiger partial charge is 0.162 e. The molecule has 3 aromatic rings. The van der Waals surface area contributed by atoms with Gasteiger partial charge in [0.15, 0.2) is 23.3 Å². The topological polar surface area (TPSA) is 9.23 Å². The summed E-state index contributed by atoms with van der Waals surface area (Å²) in [4.78, 5) is 1.11. The standard InChI is InChI=1S/C19H12F4OS/c1-11-2-5-13(6-3-11)25-19-10-17(23)16(22)9-18(19)24-12-4-7-14(20)15(21)8-12/h2-10H,1H3. The Kier molecular flexibility index (Phi) is 4.99. The van der Waals surface area contributed by atoms with Crippen molar-refractivity contribution in [2.75, 3.05) is 0 Å². The summed E-state index contributed by atoms with van der Waals surface area (Å²) in [6.07, 6.45) is 0. The molecule has 0 aliphatic heterocycles.